The molecule has 3 rings (SSSR count). The van der Waals surface area contributed by atoms with E-state index in [4.69, 9.17) is 0 Å². The molecule has 1 aliphatic carbocycles. The first-order valence-electron chi connectivity index (χ1n) is 6.51. The van der Waals surface area contributed by atoms with Gasteiger partial charge in [-0.1, -0.05) is 30.3 Å². The van der Waals surface area contributed by atoms with Crippen molar-refractivity contribution >= 4 is 0 Å². The maximum Gasteiger partial charge on any atom is 0.253 e. The topological polar surface area (TPSA) is 55.1 Å². The van der Waals surface area contributed by atoms with Gasteiger partial charge in [0.05, 0.1) is 24.2 Å². The van der Waals surface area contributed by atoms with Crippen molar-refractivity contribution in [2.24, 2.45) is 0 Å². The zero-order valence-electron chi connectivity index (χ0n) is 10.6. The lowest BCUT2D eigenvalue weighted by Gasteiger charge is -2.36. The molecule has 1 aromatic carbocycles. The van der Waals surface area contributed by atoms with Crippen molar-refractivity contribution in [3.63, 3.8) is 0 Å². The summed E-state index contributed by atoms with van der Waals surface area (Å²) in [5.41, 5.74) is 0.769. The lowest BCUT2D eigenvalue weighted by Crippen LogP contribution is -2.43. The van der Waals surface area contributed by atoms with Crippen LogP contribution in [-0.4, -0.2) is 20.3 Å². The summed E-state index contributed by atoms with van der Waals surface area (Å²) < 4.78 is 1.49. The van der Waals surface area contributed by atoms with Gasteiger partial charge in [0.15, 0.2) is 0 Å². The molecule has 4 heteroatoms. The molecule has 0 bridgehead atoms. The van der Waals surface area contributed by atoms with Gasteiger partial charge in [0, 0.05) is 11.6 Å². The highest BCUT2D eigenvalue weighted by Crippen LogP contribution is 2.32. The minimum absolute atomic E-state index is 0.117. The largest absolute Gasteiger partial charge is 0.388 e. The monoisotopic (exact) mass is 256 g/mol. The molecule has 0 atom stereocenters. The Morgan fingerprint density at radius 1 is 1.26 bits per heavy atom. The van der Waals surface area contributed by atoms with Gasteiger partial charge in [-0.05, 0) is 19.3 Å². The molecule has 0 spiro atoms. The molecule has 0 saturated heterocycles. The summed E-state index contributed by atoms with van der Waals surface area (Å²) in [5, 5.41) is 10.1. The fourth-order valence-electron chi connectivity index (χ4n) is 2.37. The van der Waals surface area contributed by atoms with E-state index in [0.29, 0.717) is 12.2 Å². The van der Waals surface area contributed by atoms with Crippen LogP contribution in [0.1, 0.15) is 19.3 Å². The fourth-order valence-corrected chi connectivity index (χ4v) is 2.37. The molecule has 1 saturated carbocycles. The van der Waals surface area contributed by atoms with Crippen molar-refractivity contribution in [2.45, 2.75) is 31.4 Å². The molecular formula is C15H16N2O2. The van der Waals surface area contributed by atoms with E-state index < -0.39 is 5.60 Å². The molecular weight excluding hydrogens is 240 g/mol. The number of hydrogen-bond donors (Lipinski definition) is 1. The van der Waals surface area contributed by atoms with Crippen molar-refractivity contribution < 1.29 is 5.11 Å². The Balaban J connectivity index is 1.88. The number of rotatable bonds is 3. The van der Waals surface area contributed by atoms with Gasteiger partial charge >= 0.3 is 0 Å². The smallest absolute Gasteiger partial charge is 0.253 e. The number of nitrogens with zero attached hydrogens (tertiary/aromatic N) is 2. The second-order valence-corrected chi connectivity index (χ2v) is 5.18. The highest BCUT2D eigenvalue weighted by molar-refractivity contribution is 5.57. The summed E-state index contributed by atoms with van der Waals surface area (Å²) in [4.78, 5) is 16.3. The van der Waals surface area contributed by atoms with Crippen LogP contribution in [0.15, 0.2) is 47.5 Å². The predicted octanol–water partition coefficient (Wildman–Crippen LogP) is 1.83. The Morgan fingerprint density at radius 3 is 2.58 bits per heavy atom. The summed E-state index contributed by atoms with van der Waals surface area (Å²) in [6.45, 7) is 0.341. The van der Waals surface area contributed by atoms with Crippen molar-refractivity contribution in [1.82, 2.24) is 9.55 Å². The lowest BCUT2D eigenvalue weighted by molar-refractivity contribution is -0.0482. The van der Waals surface area contributed by atoms with Crippen molar-refractivity contribution in [2.75, 3.05) is 0 Å². The second kappa shape index (κ2) is 4.63. The van der Waals surface area contributed by atoms with Gasteiger partial charge in [0.2, 0.25) is 0 Å². The van der Waals surface area contributed by atoms with Crippen LogP contribution in [0.3, 0.4) is 0 Å². The van der Waals surface area contributed by atoms with Gasteiger partial charge in [-0.15, -0.1) is 0 Å². The average Bonchev–Trinajstić information content (AvgIpc) is 2.40. The first-order chi connectivity index (χ1) is 9.16. The van der Waals surface area contributed by atoms with Gasteiger partial charge < -0.3 is 5.11 Å². The van der Waals surface area contributed by atoms with E-state index in [-0.39, 0.29) is 5.56 Å². The molecule has 4 nitrogen and oxygen atoms in total. The minimum Gasteiger partial charge on any atom is -0.388 e. The standard InChI is InChI=1S/C15H16N2O2/c18-14-9-13(12-5-2-1-3-6-12)16-11-17(14)10-15(19)7-4-8-15/h1-3,5-6,9,11,19H,4,7-8,10H2. The number of aromatic nitrogens is 2. The summed E-state index contributed by atoms with van der Waals surface area (Å²) in [6, 6.07) is 11.1. The predicted molar refractivity (Wildman–Crippen MR) is 72.7 cm³/mol. The first-order valence-corrected chi connectivity index (χ1v) is 6.51. The molecule has 0 aliphatic heterocycles. The molecule has 0 amide bonds. The van der Waals surface area contributed by atoms with Crippen molar-refractivity contribution in [3.05, 3.63) is 53.1 Å². The molecule has 19 heavy (non-hydrogen) atoms. The van der Waals surface area contributed by atoms with Gasteiger partial charge in [0.25, 0.3) is 5.56 Å². The molecule has 98 valence electrons. The second-order valence-electron chi connectivity index (χ2n) is 5.18. The Bertz CT molecular complexity index is 630. The van der Waals surface area contributed by atoms with Gasteiger partial charge in [-0.25, -0.2) is 4.98 Å². The molecule has 1 N–H and O–H groups in total. The molecule has 1 aromatic heterocycles. The molecule has 1 aliphatic rings. The SMILES string of the molecule is O=c1cc(-c2ccccc2)ncn1CC1(O)CCC1. The summed E-state index contributed by atoms with van der Waals surface area (Å²) >= 11 is 0. The van der Waals surface area contributed by atoms with Crippen LogP contribution in [0.5, 0.6) is 0 Å². The Hall–Kier alpha value is -1.94. The maximum absolute atomic E-state index is 12.0. The van der Waals surface area contributed by atoms with E-state index in [9.17, 15) is 9.90 Å². The molecule has 1 fully saturated rings. The highest BCUT2D eigenvalue weighted by Gasteiger charge is 2.34. The summed E-state index contributed by atoms with van der Waals surface area (Å²) in [7, 11) is 0. The van der Waals surface area contributed by atoms with E-state index in [1.165, 1.54) is 17.0 Å². The van der Waals surface area contributed by atoms with Crippen LogP contribution in [0.25, 0.3) is 11.3 Å². The van der Waals surface area contributed by atoms with Crippen LogP contribution >= 0.6 is 0 Å². The van der Waals surface area contributed by atoms with Crippen LogP contribution < -0.4 is 5.56 Å². The van der Waals surface area contributed by atoms with Crippen molar-refractivity contribution in [3.8, 4) is 11.3 Å². The maximum atomic E-state index is 12.0. The summed E-state index contributed by atoms with van der Waals surface area (Å²) in [5.74, 6) is 0. The zero-order valence-corrected chi connectivity index (χ0v) is 10.6. The third-order valence-electron chi connectivity index (χ3n) is 3.70. The quantitative estimate of drug-likeness (QED) is 0.911. The molecule has 1 heterocycles. The van der Waals surface area contributed by atoms with Crippen LogP contribution in [0, 0.1) is 0 Å². The molecule has 2 aromatic rings. The van der Waals surface area contributed by atoms with Crippen LogP contribution in [-0.2, 0) is 6.54 Å². The lowest BCUT2D eigenvalue weighted by atomic mass is 9.80. The number of aliphatic hydroxyl groups is 1. The third kappa shape index (κ3) is 2.44. The highest BCUT2D eigenvalue weighted by atomic mass is 16.3. The minimum atomic E-state index is -0.709. The van der Waals surface area contributed by atoms with Crippen LogP contribution in [0.2, 0.25) is 0 Å². The molecule has 0 radical (unpaired) electrons. The van der Waals surface area contributed by atoms with E-state index in [1.807, 2.05) is 30.3 Å². The van der Waals surface area contributed by atoms with Gasteiger partial charge in [0.1, 0.15) is 0 Å². The summed E-state index contributed by atoms with van der Waals surface area (Å²) in [6.07, 6.45) is 4.08. The van der Waals surface area contributed by atoms with E-state index in [0.717, 1.165) is 24.8 Å². The average molecular weight is 256 g/mol. The first kappa shape index (κ1) is 12.1. The van der Waals surface area contributed by atoms with E-state index in [1.54, 1.807) is 0 Å². The number of hydrogen-bond acceptors (Lipinski definition) is 3. The van der Waals surface area contributed by atoms with Crippen molar-refractivity contribution in [1.29, 1.82) is 0 Å². The Morgan fingerprint density at radius 2 is 2.00 bits per heavy atom. The fraction of sp³-hybridized carbons (Fsp3) is 0.333. The number of benzene rings is 1. The van der Waals surface area contributed by atoms with E-state index >= 15 is 0 Å². The molecule has 0 unspecified atom stereocenters. The van der Waals surface area contributed by atoms with Gasteiger partial charge in [-0.2, -0.15) is 0 Å². The Kier molecular flexibility index (Phi) is 2.95. The Labute approximate surface area is 111 Å². The van der Waals surface area contributed by atoms with Crippen LogP contribution in [0.4, 0.5) is 0 Å². The third-order valence-corrected chi connectivity index (χ3v) is 3.70. The zero-order chi connectivity index (χ0) is 13.3. The van der Waals surface area contributed by atoms with Gasteiger partial charge in [-0.3, -0.25) is 9.36 Å². The van der Waals surface area contributed by atoms with E-state index in [2.05, 4.69) is 4.98 Å². The normalized spacial score (nSPS) is 16.9.